The molecule has 0 radical (unpaired) electrons. The van der Waals surface area contributed by atoms with Gasteiger partial charge in [0.25, 0.3) is 0 Å². The monoisotopic (exact) mass is 276 g/mol. The number of carbonyl (C=O) groups is 1. The van der Waals surface area contributed by atoms with Crippen molar-refractivity contribution in [1.82, 2.24) is 20.4 Å². The molecule has 0 saturated carbocycles. The van der Waals surface area contributed by atoms with Gasteiger partial charge in [-0.15, -0.1) is 0 Å². The molecule has 0 unspecified atom stereocenters. The van der Waals surface area contributed by atoms with Crippen LogP contribution in [0.5, 0.6) is 0 Å². The molecule has 2 aromatic rings. The molecule has 2 amide bonds. The van der Waals surface area contributed by atoms with Crippen LogP contribution in [0.4, 0.5) is 4.79 Å². The van der Waals surface area contributed by atoms with E-state index in [9.17, 15) is 4.79 Å². The number of aryl methyl sites for hydroxylation is 2. The predicted octanol–water partition coefficient (Wildman–Crippen LogP) is 2.24. The van der Waals surface area contributed by atoms with Crippen LogP contribution in [0.3, 0.4) is 0 Å². The summed E-state index contributed by atoms with van der Waals surface area (Å²) in [5.74, 6) is 1.60. The van der Waals surface area contributed by atoms with Gasteiger partial charge in [0.2, 0.25) is 0 Å². The minimum Gasteiger partial charge on any atom is -0.464 e. The Morgan fingerprint density at radius 3 is 3.00 bits per heavy atom. The minimum absolute atomic E-state index is 0.144. The van der Waals surface area contributed by atoms with E-state index in [1.807, 2.05) is 42.9 Å². The quantitative estimate of drug-likeness (QED) is 0.795. The zero-order chi connectivity index (χ0) is 14.4. The molecule has 20 heavy (non-hydrogen) atoms. The summed E-state index contributed by atoms with van der Waals surface area (Å²) >= 11 is 0. The van der Waals surface area contributed by atoms with E-state index in [1.165, 1.54) is 0 Å². The van der Waals surface area contributed by atoms with Crippen molar-refractivity contribution in [3.8, 4) is 0 Å². The van der Waals surface area contributed by atoms with Crippen molar-refractivity contribution in [1.29, 1.82) is 0 Å². The highest BCUT2D eigenvalue weighted by atomic mass is 16.3. The number of urea groups is 1. The van der Waals surface area contributed by atoms with E-state index in [1.54, 1.807) is 6.20 Å². The highest BCUT2D eigenvalue weighted by Crippen LogP contribution is 2.15. The molecule has 0 spiro atoms. The predicted molar refractivity (Wildman–Crippen MR) is 75.2 cm³/mol. The first-order chi connectivity index (χ1) is 9.65. The highest BCUT2D eigenvalue weighted by molar-refractivity contribution is 5.74. The summed E-state index contributed by atoms with van der Waals surface area (Å²) in [6, 6.07) is 5.31. The van der Waals surface area contributed by atoms with Gasteiger partial charge < -0.3 is 15.1 Å². The Labute approximate surface area is 118 Å². The summed E-state index contributed by atoms with van der Waals surface area (Å²) in [4.78, 5) is 11.7. The molecule has 0 bridgehead atoms. The van der Waals surface area contributed by atoms with E-state index >= 15 is 0 Å². The van der Waals surface area contributed by atoms with E-state index in [2.05, 4.69) is 15.7 Å². The van der Waals surface area contributed by atoms with Gasteiger partial charge in [-0.2, -0.15) is 5.10 Å². The van der Waals surface area contributed by atoms with Crippen molar-refractivity contribution in [2.75, 3.05) is 6.54 Å². The topological polar surface area (TPSA) is 72.1 Å². The standard InChI is InChI=1S/C14H20N4O2/c1-11-5-6-13(20-11)12(2)17-14(19)15-7-3-9-18-10-4-8-16-18/h4-6,8,10,12H,3,7,9H2,1-2H3,(H2,15,17,19)/t12-/m0/s1. The number of furan rings is 1. The molecule has 6 nitrogen and oxygen atoms in total. The Kier molecular flexibility index (Phi) is 4.81. The van der Waals surface area contributed by atoms with Crippen LogP contribution in [-0.4, -0.2) is 22.4 Å². The van der Waals surface area contributed by atoms with E-state index in [0.717, 1.165) is 24.5 Å². The van der Waals surface area contributed by atoms with Crippen LogP contribution in [0.25, 0.3) is 0 Å². The number of aromatic nitrogens is 2. The fourth-order valence-electron chi connectivity index (χ4n) is 1.88. The van der Waals surface area contributed by atoms with E-state index in [4.69, 9.17) is 4.42 Å². The Morgan fingerprint density at radius 2 is 2.35 bits per heavy atom. The molecule has 2 aromatic heterocycles. The van der Waals surface area contributed by atoms with Gasteiger partial charge in [-0.05, 0) is 38.5 Å². The number of carbonyl (C=O) groups excluding carboxylic acids is 1. The molecule has 0 aromatic carbocycles. The van der Waals surface area contributed by atoms with Gasteiger partial charge in [-0.25, -0.2) is 4.79 Å². The molecule has 108 valence electrons. The van der Waals surface area contributed by atoms with Gasteiger partial charge in [0.15, 0.2) is 0 Å². The van der Waals surface area contributed by atoms with Crippen LogP contribution >= 0.6 is 0 Å². The Bertz CT molecular complexity index is 533. The second kappa shape index (κ2) is 6.79. The van der Waals surface area contributed by atoms with Crippen LogP contribution < -0.4 is 10.6 Å². The number of rotatable bonds is 6. The lowest BCUT2D eigenvalue weighted by atomic mass is 10.2. The average Bonchev–Trinajstić information content (AvgIpc) is 3.06. The number of nitrogens with zero attached hydrogens (tertiary/aromatic N) is 2. The van der Waals surface area contributed by atoms with Crippen molar-refractivity contribution >= 4 is 6.03 Å². The lowest BCUT2D eigenvalue weighted by Crippen LogP contribution is -2.37. The van der Waals surface area contributed by atoms with Crippen molar-refractivity contribution in [3.63, 3.8) is 0 Å². The van der Waals surface area contributed by atoms with E-state index < -0.39 is 0 Å². The molecule has 2 N–H and O–H groups in total. The summed E-state index contributed by atoms with van der Waals surface area (Å²) in [6.45, 7) is 5.17. The molecular formula is C14H20N4O2. The molecule has 0 aliphatic carbocycles. The van der Waals surface area contributed by atoms with Gasteiger partial charge in [0, 0.05) is 25.5 Å². The number of hydrogen-bond acceptors (Lipinski definition) is 3. The molecule has 1 atom stereocenters. The van der Waals surface area contributed by atoms with Gasteiger partial charge in [0.1, 0.15) is 11.5 Å². The number of nitrogens with one attached hydrogen (secondary N) is 2. The third-order valence-corrected chi connectivity index (χ3v) is 2.94. The molecule has 2 heterocycles. The lowest BCUT2D eigenvalue weighted by Gasteiger charge is -2.12. The maximum absolute atomic E-state index is 11.7. The number of hydrogen-bond donors (Lipinski definition) is 2. The average molecular weight is 276 g/mol. The molecule has 0 aliphatic heterocycles. The second-order valence-electron chi connectivity index (χ2n) is 4.69. The van der Waals surface area contributed by atoms with Crippen molar-refractivity contribution in [2.45, 2.75) is 32.9 Å². The van der Waals surface area contributed by atoms with Crippen molar-refractivity contribution in [3.05, 3.63) is 42.1 Å². The molecular weight excluding hydrogens is 256 g/mol. The summed E-state index contributed by atoms with van der Waals surface area (Å²) < 4.78 is 7.31. The first-order valence-electron chi connectivity index (χ1n) is 6.73. The summed E-state index contributed by atoms with van der Waals surface area (Å²) in [6.07, 6.45) is 4.48. The smallest absolute Gasteiger partial charge is 0.315 e. The van der Waals surface area contributed by atoms with Crippen LogP contribution in [0.15, 0.2) is 35.0 Å². The fraction of sp³-hybridized carbons (Fsp3) is 0.429. The summed E-state index contributed by atoms with van der Waals surface area (Å²) in [7, 11) is 0. The molecule has 6 heteroatoms. The number of amides is 2. The normalized spacial score (nSPS) is 12.1. The Hall–Kier alpha value is -2.24. The zero-order valence-corrected chi connectivity index (χ0v) is 11.8. The third-order valence-electron chi connectivity index (χ3n) is 2.94. The summed E-state index contributed by atoms with van der Waals surface area (Å²) in [5, 5.41) is 9.76. The molecule has 0 saturated heterocycles. The van der Waals surface area contributed by atoms with Crippen LogP contribution in [0.1, 0.15) is 30.9 Å². The van der Waals surface area contributed by atoms with Gasteiger partial charge in [-0.1, -0.05) is 0 Å². The van der Waals surface area contributed by atoms with Crippen molar-refractivity contribution in [2.24, 2.45) is 0 Å². The van der Waals surface area contributed by atoms with Crippen LogP contribution in [0.2, 0.25) is 0 Å². The minimum atomic E-state index is -0.188. The zero-order valence-electron chi connectivity index (χ0n) is 11.8. The van der Waals surface area contributed by atoms with Gasteiger partial charge in [-0.3, -0.25) is 4.68 Å². The summed E-state index contributed by atoms with van der Waals surface area (Å²) in [5.41, 5.74) is 0. The first kappa shape index (κ1) is 14.2. The van der Waals surface area contributed by atoms with E-state index in [-0.39, 0.29) is 12.1 Å². The Morgan fingerprint density at radius 1 is 1.50 bits per heavy atom. The SMILES string of the molecule is Cc1ccc([C@H](C)NC(=O)NCCCn2cccn2)o1. The maximum Gasteiger partial charge on any atom is 0.315 e. The van der Waals surface area contributed by atoms with Gasteiger partial charge >= 0.3 is 6.03 Å². The largest absolute Gasteiger partial charge is 0.464 e. The van der Waals surface area contributed by atoms with E-state index in [0.29, 0.717) is 6.54 Å². The maximum atomic E-state index is 11.7. The first-order valence-corrected chi connectivity index (χ1v) is 6.73. The van der Waals surface area contributed by atoms with Crippen LogP contribution in [-0.2, 0) is 6.54 Å². The Balaban J connectivity index is 1.65. The molecule has 0 fully saturated rings. The fourth-order valence-corrected chi connectivity index (χ4v) is 1.88. The molecule has 2 rings (SSSR count). The highest BCUT2D eigenvalue weighted by Gasteiger charge is 2.11. The third kappa shape index (κ3) is 4.15. The second-order valence-corrected chi connectivity index (χ2v) is 4.69. The van der Waals surface area contributed by atoms with Crippen molar-refractivity contribution < 1.29 is 9.21 Å². The van der Waals surface area contributed by atoms with Crippen LogP contribution in [0, 0.1) is 6.92 Å². The lowest BCUT2D eigenvalue weighted by molar-refractivity contribution is 0.235. The molecule has 0 aliphatic rings. The van der Waals surface area contributed by atoms with Gasteiger partial charge in [0.05, 0.1) is 6.04 Å².